The average Bonchev–Trinajstić information content (AvgIpc) is 2.74. The van der Waals surface area contributed by atoms with E-state index >= 15 is 0 Å². The molecule has 0 aliphatic rings. The molecule has 0 aliphatic carbocycles. The van der Waals surface area contributed by atoms with E-state index in [0.717, 1.165) is 43.0 Å². The third-order valence-electron chi connectivity index (χ3n) is 5.51. The molecule has 176 valence electrons. The normalized spacial score (nSPS) is 11.6. The fourth-order valence-electron chi connectivity index (χ4n) is 3.66. The van der Waals surface area contributed by atoms with Crippen molar-refractivity contribution in [2.24, 2.45) is 0 Å². The van der Waals surface area contributed by atoms with E-state index in [0.29, 0.717) is 36.9 Å². The van der Waals surface area contributed by atoms with E-state index in [1.54, 1.807) is 4.57 Å². The molecule has 0 saturated carbocycles. The first kappa shape index (κ1) is 25.6. The largest absolute Gasteiger partial charge is 0.485 e. The number of hydrogen-bond acceptors (Lipinski definition) is 4. The highest BCUT2D eigenvalue weighted by Crippen LogP contribution is 2.34. The van der Waals surface area contributed by atoms with E-state index in [-0.39, 0.29) is 5.56 Å². The number of allylic oxidation sites excluding steroid dienone is 3. The molecule has 0 atom stereocenters. The second-order valence-corrected chi connectivity index (χ2v) is 8.57. The predicted octanol–water partition coefficient (Wildman–Crippen LogP) is 6.63. The summed E-state index contributed by atoms with van der Waals surface area (Å²) < 4.78 is 13.9. The first-order chi connectivity index (χ1) is 15.4. The molecule has 0 unspecified atom stereocenters. The molecule has 0 spiro atoms. The van der Waals surface area contributed by atoms with Crippen molar-refractivity contribution >= 4 is 16.6 Å². The van der Waals surface area contributed by atoms with Gasteiger partial charge in [-0.25, -0.2) is 0 Å². The number of rotatable bonds is 13. The molecule has 1 aromatic carbocycles. The molecule has 0 saturated heterocycles. The summed E-state index contributed by atoms with van der Waals surface area (Å²) in [7, 11) is 0. The van der Waals surface area contributed by atoms with Crippen molar-refractivity contribution < 1.29 is 9.47 Å². The maximum Gasteiger partial charge on any atom is 0.297 e. The van der Waals surface area contributed by atoms with Crippen molar-refractivity contribution in [2.75, 3.05) is 18.9 Å². The Kier molecular flexibility index (Phi) is 10.4. The highest BCUT2D eigenvalue weighted by Gasteiger charge is 2.19. The molecule has 32 heavy (non-hydrogen) atoms. The molecular weight excluding hydrogens is 400 g/mol. The Morgan fingerprint density at radius 2 is 1.81 bits per heavy atom. The highest BCUT2D eigenvalue weighted by atomic mass is 16.5. The monoisotopic (exact) mass is 440 g/mol. The number of unbranched alkanes of at least 4 members (excludes halogenated alkanes) is 3. The SMILES string of the molecule is CCCCCCOc1c(OCC=C(C)CCC=C(C)C)c2ccc(N)cc2n(CC)c1=O. The smallest absolute Gasteiger partial charge is 0.297 e. The molecule has 0 bridgehead atoms. The number of aromatic nitrogens is 1. The third kappa shape index (κ3) is 7.18. The number of pyridine rings is 1. The van der Waals surface area contributed by atoms with Gasteiger partial charge in [-0.15, -0.1) is 0 Å². The number of anilines is 1. The van der Waals surface area contributed by atoms with E-state index in [2.05, 4.69) is 39.8 Å². The number of nitrogens with two attached hydrogens (primary N) is 1. The Labute approximate surface area is 192 Å². The molecule has 0 amide bonds. The Hall–Kier alpha value is -2.69. The van der Waals surface area contributed by atoms with Crippen molar-refractivity contribution in [3.63, 3.8) is 0 Å². The fourth-order valence-corrected chi connectivity index (χ4v) is 3.66. The van der Waals surface area contributed by atoms with E-state index in [4.69, 9.17) is 15.2 Å². The van der Waals surface area contributed by atoms with E-state index in [9.17, 15) is 4.79 Å². The van der Waals surface area contributed by atoms with Gasteiger partial charge in [-0.3, -0.25) is 4.79 Å². The van der Waals surface area contributed by atoms with Crippen LogP contribution in [0.2, 0.25) is 0 Å². The summed E-state index contributed by atoms with van der Waals surface area (Å²) in [5.41, 5.74) is 9.84. The lowest BCUT2D eigenvalue weighted by Gasteiger charge is -2.18. The van der Waals surface area contributed by atoms with Crippen molar-refractivity contribution in [3.05, 3.63) is 51.9 Å². The minimum absolute atomic E-state index is 0.166. The molecule has 0 aliphatic heterocycles. The van der Waals surface area contributed by atoms with Crippen LogP contribution in [0.25, 0.3) is 10.9 Å². The second-order valence-electron chi connectivity index (χ2n) is 8.57. The van der Waals surface area contributed by atoms with Crippen molar-refractivity contribution in [3.8, 4) is 11.5 Å². The van der Waals surface area contributed by atoms with Crippen LogP contribution in [0.5, 0.6) is 11.5 Å². The van der Waals surface area contributed by atoms with Gasteiger partial charge in [0.2, 0.25) is 5.75 Å². The number of benzene rings is 1. The van der Waals surface area contributed by atoms with Gasteiger partial charge in [0.25, 0.3) is 5.56 Å². The van der Waals surface area contributed by atoms with Gasteiger partial charge in [0.05, 0.1) is 12.1 Å². The molecule has 2 N–H and O–H groups in total. The molecule has 1 heterocycles. The van der Waals surface area contributed by atoms with Gasteiger partial charge in [0.1, 0.15) is 6.61 Å². The summed E-state index contributed by atoms with van der Waals surface area (Å²) in [4.78, 5) is 13.3. The Bertz CT molecular complexity index is 998. The summed E-state index contributed by atoms with van der Waals surface area (Å²) in [6, 6.07) is 5.59. The van der Waals surface area contributed by atoms with Gasteiger partial charge in [-0.2, -0.15) is 0 Å². The first-order valence-electron chi connectivity index (χ1n) is 11.9. The number of ether oxygens (including phenoxy) is 2. The van der Waals surface area contributed by atoms with Crippen LogP contribution in [0, 0.1) is 0 Å². The van der Waals surface area contributed by atoms with Gasteiger partial charge in [0, 0.05) is 17.6 Å². The van der Waals surface area contributed by atoms with E-state index < -0.39 is 0 Å². The number of nitrogen functional groups attached to an aromatic ring is 1. The van der Waals surface area contributed by atoms with Crippen molar-refractivity contribution in [1.82, 2.24) is 4.57 Å². The van der Waals surface area contributed by atoms with Crippen LogP contribution in [-0.2, 0) is 6.54 Å². The molecule has 5 heteroatoms. The summed E-state index contributed by atoms with van der Waals surface area (Å²) >= 11 is 0. The molecule has 5 nitrogen and oxygen atoms in total. The molecule has 1 aromatic heterocycles. The van der Waals surface area contributed by atoms with E-state index in [1.807, 2.05) is 25.1 Å². The van der Waals surface area contributed by atoms with Gasteiger partial charge in [-0.05, 0) is 71.2 Å². The van der Waals surface area contributed by atoms with Crippen LogP contribution < -0.4 is 20.8 Å². The van der Waals surface area contributed by atoms with Crippen LogP contribution in [0.1, 0.15) is 73.1 Å². The maximum atomic E-state index is 13.3. The number of aryl methyl sites for hydroxylation is 1. The molecule has 0 fully saturated rings. The molecule has 2 rings (SSSR count). The zero-order valence-electron chi connectivity index (χ0n) is 20.5. The van der Waals surface area contributed by atoms with Gasteiger partial charge >= 0.3 is 0 Å². The minimum atomic E-state index is -0.166. The van der Waals surface area contributed by atoms with Crippen molar-refractivity contribution in [1.29, 1.82) is 0 Å². The van der Waals surface area contributed by atoms with Crippen LogP contribution in [0.4, 0.5) is 5.69 Å². The zero-order chi connectivity index (χ0) is 23.5. The summed E-state index contributed by atoms with van der Waals surface area (Å²) in [6.07, 6.45) is 10.7. The number of hydrogen-bond donors (Lipinski definition) is 1. The second kappa shape index (κ2) is 13.0. The topological polar surface area (TPSA) is 66.5 Å². The average molecular weight is 441 g/mol. The van der Waals surface area contributed by atoms with Gasteiger partial charge in [0.15, 0.2) is 5.75 Å². The summed E-state index contributed by atoms with van der Waals surface area (Å²) in [6.45, 7) is 11.9. The van der Waals surface area contributed by atoms with Gasteiger partial charge < -0.3 is 19.8 Å². The number of nitrogens with zero attached hydrogens (tertiary/aromatic N) is 1. The molecular formula is C27H40N2O3. The van der Waals surface area contributed by atoms with Crippen molar-refractivity contribution in [2.45, 2.75) is 79.7 Å². The molecule has 2 aromatic rings. The minimum Gasteiger partial charge on any atom is -0.485 e. The third-order valence-corrected chi connectivity index (χ3v) is 5.51. The highest BCUT2D eigenvalue weighted by molar-refractivity contribution is 5.90. The Morgan fingerprint density at radius 1 is 1.03 bits per heavy atom. The quantitative estimate of drug-likeness (QED) is 0.215. The molecule has 0 radical (unpaired) electrons. The van der Waals surface area contributed by atoms with Crippen LogP contribution in [0.3, 0.4) is 0 Å². The number of fused-ring (bicyclic) bond motifs is 1. The van der Waals surface area contributed by atoms with Crippen LogP contribution in [-0.4, -0.2) is 17.8 Å². The standard InChI is InChI=1S/C27H40N2O3/c1-6-8-9-10-17-31-26-25(32-18-16-21(5)13-11-12-20(3)4)23-15-14-22(28)19-24(23)29(7-2)27(26)30/h12,14-16,19H,6-11,13,17-18,28H2,1-5H3. The summed E-state index contributed by atoms with van der Waals surface area (Å²) in [5.74, 6) is 0.815. The summed E-state index contributed by atoms with van der Waals surface area (Å²) in [5, 5.41) is 0.847. The van der Waals surface area contributed by atoms with E-state index in [1.165, 1.54) is 17.6 Å². The predicted molar refractivity (Wildman–Crippen MR) is 136 cm³/mol. The fraction of sp³-hybridized carbons (Fsp3) is 0.519. The Morgan fingerprint density at radius 3 is 2.50 bits per heavy atom. The maximum absolute atomic E-state index is 13.3. The first-order valence-corrected chi connectivity index (χ1v) is 11.9. The lowest BCUT2D eigenvalue weighted by molar-refractivity contribution is 0.272. The zero-order valence-corrected chi connectivity index (χ0v) is 20.5. The Balaban J connectivity index is 2.34. The van der Waals surface area contributed by atoms with Gasteiger partial charge in [-0.1, -0.05) is 43.4 Å². The lowest BCUT2D eigenvalue weighted by Crippen LogP contribution is -2.23. The van der Waals surface area contributed by atoms with Crippen LogP contribution in [0.15, 0.2) is 46.3 Å². The van der Waals surface area contributed by atoms with Crippen LogP contribution >= 0.6 is 0 Å². The lowest BCUT2D eigenvalue weighted by atomic mass is 10.1.